The Morgan fingerprint density at radius 2 is 1.76 bits per heavy atom. The first-order chi connectivity index (χ1) is 17.7. The van der Waals surface area contributed by atoms with Gasteiger partial charge in [-0.05, 0) is 41.1 Å². The summed E-state index contributed by atoms with van der Waals surface area (Å²) in [5, 5.41) is 7.01. The van der Waals surface area contributed by atoms with E-state index in [1.54, 1.807) is 30.5 Å². The van der Waals surface area contributed by atoms with Gasteiger partial charge in [0, 0.05) is 21.0 Å². The zero-order valence-electron chi connectivity index (χ0n) is 20.7. The van der Waals surface area contributed by atoms with Crippen LogP contribution in [-0.2, 0) is 12.0 Å². The maximum absolute atomic E-state index is 14.2. The van der Waals surface area contributed by atoms with Gasteiger partial charge in [-0.15, -0.1) is 0 Å². The zero-order chi connectivity index (χ0) is 26.2. The number of ether oxygens (including phenoxy) is 1. The predicted molar refractivity (Wildman–Crippen MR) is 150 cm³/mol. The molecule has 7 heteroatoms. The SMILES string of the molecule is CC(C)(C)c1nc2ccc(Br)cc2c(=O)n1N=Cc1c(OCc2ccccc2F)ccc2ccccc12. The first kappa shape index (κ1) is 24.8. The summed E-state index contributed by atoms with van der Waals surface area (Å²) in [6.45, 7) is 6.04. The first-order valence-electron chi connectivity index (χ1n) is 11.9. The van der Waals surface area contributed by atoms with Crippen LogP contribution < -0.4 is 10.3 Å². The summed E-state index contributed by atoms with van der Waals surface area (Å²) in [4.78, 5) is 18.4. The molecule has 5 nitrogen and oxygen atoms in total. The van der Waals surface area contributed by atoms with Crippen LogP contribution in [0.2, 0.25) is 0 Å². The normalized spacial score (nSPS) is 12.0. The van der Waals surface area contributed by atoms with Gasteiger partial charge in [-0.1, -0.05) is 85.2 Å². The molecule has 0 bridgehead atoms. The molecule has 1 aromatic heterocycles. The molecule has 186 valence electrons. The number of fused-ring (bicyclic) bond motifs is 2. The quantitative estimate of drug-likeness (QED) is 0.214. The topological polar surface area (TPSA) is 56.5 Å². The van der Waals surface area contributed by atoms with Gasteiger partial charge in [0.1, 0.15) is 24.0 Å². The molecule has 37 heavy (non-hydrogen) atoms. The van der Waals surface area contributed by atoms with Crippen LogP contribution >= 0.6 is 15.9 Å². The van der Waals surface area contributed by atoms with Crippen LogP contribution in [0, 0.1) is 5.82 Å². The average Bonchev–Trinajstić information content (AvgIpc) is 2.87. The Morgan fingerprint density at radius 3 is 2.54 bits per heavy atom. The lowest BCUT2D eigenvalue weighted by Crippen LogP contribution is -2.29. The third-order valence-corrected chi connectivity index (χ3v) is 6.55. The summed E-state index contributed by atoms with van der Waals surface area (Å²) in [7, 11) is 0. The van der Waals surface area contributed by atoms with E-state index in [0.717, 1.165) is 15.2 Å². The number of hydrogen-bond donors (Lipinski definition) is 0. The van der Waals surface area contributed by atoms with Crippen LogP contribution in [0.5, 0.6) is 5.75 Å². The molecule has 0 spiro atoms. The van der Waals surface area contributed by atoms with Crippen LogP contribution in [-0.4, -0.2) is 15.9 Å². The van der Waals surface area contributed by atoms with E-state index in [9.17, 15) is 9.18 Å². The van der Waals surface area contributed by atoms with Gasteiger partial charge in [0.05, 0.1) is 17.1 Å². The Hall–Kier alpha value is -3.84. The third-order valence-electron chi connectivity index (χ3n) is 6.05. The Morgan fingerprint density at radius 1 is 1.00 bits per heavy atom. The maximum Gasteiger partial charge on any atom is 0.282 e. The molecule has 0 aliphatic heterocycles. The van der Waals surface area contributed by atoms with Crippen molar-refractivity contribution < 1.29 is 9.13 Å². The molecule has 0 aliphatic carbocycles. The van der Waals surface area contributed by atoms with E-state index in [-0.39, 0.29) is 18.0 Å². The van der Waals surface area contributed by atoms with E-state index in [1.807, 2.05) is 69.3 Å². The molecule has 0 unspecified atom stereocenters. The molecule has 1 heterocycles. The van der Waals surface area contributed by atoms with Gasteiger partial charge in [-0.25, -0.2) is 9.37 Å². The Balaban J connectivity index is 1.66. The standard InChI is InChI=1S/C30H25BrFN3O2/c1-30(2,3)29-34-26-14-13-21(31)16-23(26)28(36)35(29)33-17-24-22-10-6-4-8-19(22)12-15-27(24)37-18-20-9-5-7-11-25(20)32/h4-17H,18H2,1-3H3. The van der Waals surface area contributed by atoms with Crippen molar-refractivity contribution >= 4 is 43.8 Å². The second-order valence-corrected chi connectivity index (χ2v) is 10.7. The highest BCUT2D eigenvalue weighted by molar-refractivity contribution is 9.10. The molecular weight excluding hydrogens is 533 g/mol. The summed E-state index contributed by atoms with van der Waals surface area (Å²) >= 11 is 3.45. The summed E-state index contributed by atoms with van der Waals surface area (Å²) < 4.78 is 22.4. The molecule has 0 N–H and O–H groups in total. The van der Waals surface area contributed by atoms with Crippen LogP contribution in [0.25, 0.3) is 21.7 Å². The van der Waals surface area contributed by atoms with Crippen molar-refractivity contribution in [3.8, 4) is 5.75 Å². The summed E-state index contributed by atoms with van der Waals surface area (Å²) in [6, 6.07) is 23.6. The van der Waals surface area contributed by atoms with Gasteiger partial charge in [0.25, 0.3) is 5.56 Å². The van der Waals surface area contributed by atoms with E-state index >= 15 is 0 Å². The van der Waals surface area contributed by atoms with Gasteiger partial charge in [0.15, 0.2) is 0 Å². The fourth-order valence-corrected chi connectivity index (χ4v) is 4.52. The molecule has 0 amide bonds. The lowest BCUT2D eigenvalue weighted by Gasteiger charge is -2.21. The molecule has 0 aliphatic rings. The molecule has 0 atom stereocenters. The molecule has 5 rings (SSSR count). The molecule has 4 aromatic carbocycles. The number of benzene rings is 4. The minimum absolute atomic E-state index is 0.0601. The predicted octanol–water partition coefficient (Wildman–Crippen LogP) is 7.21. The second kappa shape index (κ2) is 9.90. The van der Waals surface area contributed by atoms with Crippen LogP contribution in [0.15, 0.2) is 93.2 Å². The highest BCUT2D eigenvalue weighted by atomic mass is 79.9. The van der Waals surface area contributed by atoms with Gasteiger partial charge >= 0.3 is 0 Å². The van der Waals surface area contributed by atoms with E-state index in [1.165, 1.54) is 10.7 Å². The number of halogens is 2. The number of nitrogens with zero attached hydrogens (tertiary/aromatic N) is 3. The molecular formula is C30H25BrFN3O2. The fraction of sp³-hybridized carbons (Fsp3) is 0.167. The minimum Gasteiger partial charge on any atom is -0.488 e. The van der Waals surface area contributed by atoms with Crippen molar-refractivity contribution in [1.82, 2.24) is 9.66 Å². The average molecular weight is 558 g/mol. The van der Waals surface area contributed by atoms with E-state index in [2.05, 4.69) is 21.0 Å². The van der Waals surface area contributed by atoms with Crippen molar-refractivity contribution in [2.75, 3.05) is 0 Å². The fourth-order valence-electron chi connectivity index (χ4n) is 4.16. The van der Waals surface area contributed by atoms with Crippen LogP contribution in [0.3, 0.4) is 0 Å². The zero-order valence-corrected chi connectivity index (χ0v) is 22.3. The van der Waals surface area contributed by atoms with E-state index in [0.29, 0.717) is 33.6 Å². The molecule has 0 radical (unpaired) electrons. The van der Waals surface area contributed by atoms with Crippen LogP contribution in [0.1, 0.15) is 37.7 Å². The summed E-state index contributed by atoms with van der Waals surface area (Å²) in [6.07, 6.45) is 1.63. The van der Waals surface area contributed by atoms with Crippen molar-refractivity contribution in [3.05, 3.63) is 116 Å². The molecule has 0 fully saturated rings. The summed E-state index contributed by atoms with van der Waals surface area (Å²) in [5.74, 6) is 0.749. The Kier molecular flexibility index (Phi) is 6.65. The smallest absolute Gasteiger partial charge is 0.282 e. The van der Waals surface area contributed by atoms with Crippen LogP contribution in [0.4, 0.5) is 4.39 Å². The van der Waals surface area contributed by atoms with Gasteiger partial charge in [-0.3, -0.25) is 4.79 Å². The lowest BCUT2D eigenvalue weighted by molar-refractivity contribution is 0.300. The van der Waals surface area contributed by atoms with Gasteiger partial charge in [0.2, 0.25) is 0 Å². The number of rotatable bonds is 5. The van der Waals surface area contributed by atoms with Gasteiger partial charge < -0.3 is 4.74 Å². The van der Waals surface area contributed by atoms with E-state index < -0.39 is 5.41 Å². The third kappa shape index (κ3) is 5.04. The van der Waals surface area contributed by atoms with Crippen molar-refractivity contribution in [3.63, 3.8) is 0 Å². The first-order valence-corrected chi connectivity index (χ1v) is 12.7. The minimum atomic E-state index is -0.444. The number of hydrogen-bond acceptors (Lipinski definition) is 4. The Labute approximate surface area is 222 Å². The monoisotopic (exact) mass is 557 g/mol. The number of aromatic nitrogens is 2. The Bertz CT molecular complexity index is 1720. The largest absolute Gasteiger partial charge is 0.488 e. The van der Waals surface area contributed by atoms with E-state index in [4.69, 9.17) is 9.72 Å². The van der Waals surface area contributed by atoms with Crippen molar-refractivity contribution in [2.45, 2.75) is 32.8 Å². The molecule has 5 aromatic rings. The highest BCUT2D eigenvalue weighted by Gasteiger charge is 2.23. The molecule has 0 saturated heterocycles. The molecule has 0 saturated carbocycles. The summed E-state index contributed by atoms with van der Waals surface area (Å²) in [5.41, 5.74) is 1.05. The highest BCUT2D eigenvalue weighted by Crippen LogP contribution is 2.28. The van der Waals surface area contributed by atoms with Gasteiger partial charge in [-0.2, -0.15) is 9.78 Å². The maximum atomic E-state index is 14.2. The second-order valence-electron chi connectivity index (χ2n) is 9.79. The lowest BCUT2D eigenvalue weighted by atomic mass is 9.95. The van der Waals surface area contributed by atoms with Crippen molar-refractivity contribution in [1.29, 1.82) is 0 Å². The van der Waals surface area contributed by atoms with Crippen molar-refractivity contribution in [2.24, 2.45) is 5.10 Å².